The molecule has 1 atom stereocenters. The molecule has 0 amide bonds. The first-order valence-corrected chi connectivity index (χ1v) is 4.67. The molecule has 0 aromatic heterocycles. The maximum atomic E-state index is 2.55. The molecule has 1 unspecified atom stereocenters. The van der Waals surface area contributed by atoms with Crippen molar-refractivity contribution in [3.63, 3.8) is 0 Å². The Bertz CT molecular complexity index is 137. The van der Waals surface area contributed by atoms with Gasteiger partial charge in [0.1, 0.15) is 0 Å². The average molecular weight is 153 g/mol. The number of hydrogen-bond donors (Lipinski definition) is 0. The Hall–Kier alpha value is 0. The zero-order chi connectivity index (χ0) is 8.70. The minimum Gasteiger partial charge on any atom is -0.0599 e. The highest BCUT2D eigenvalue weighted by molar-refractivity contribution is 5.01. The lowest BCUT2D eigenvalue weighted by atomic mass is 9.78. The zero-order valence-electron chi connectivity index (χ0n) is 8.57. The maximum Gasteiger partial charge on any atom is -0.0293 e. The molecule has 0 heteroatoms. The molecule has 0 nitrogen and oxygen atoms in total. The SMILES string of the molecule is CC1(C)[CH]C(C(C)(C)C)CC1. The van der Waals surface area contributed by atoms with Crippen molar-refractivity contribution in [1.29, 1.82) is 0 Å². The quantitative estimate of drug-likeness (QED) is 0.498. The van der Waals surface area contributed by atoms with Gasteiger partial charge in [-0.1, -0.05) is 34.6 Å². The van der Waals surface area contributed by atoms with Crippen molar-refractivity contribution in [1.82, 2.24) is 0 Å². The minimum absolute atomic E-state index is 0.480. The summed E-state index contributed by atoms with van der Waals surface area (Å²) < 4.78 is 0. The second kappa shape index (κ2) is 2.50. The Morgan fingerprint density at radius 1 is 1.27 bits per heavy atom. The van der Waals surface area contributed by atoms with Crippen LogP contribution in [0.5, 0.6) is 0 Å². The maximum absolute atomic E-state index is 2.55. The molecule has 65 valence electrons. The smallest absolute Gasteiger partial charge is 0.0293 e. The molecule has 11 heavy (non-hydrogen) atoms. The topological polar surface area (TPSA) is 0 Å². The highest BCUT2D eigenvalue weighted by Gasteiger charge is 2.37. The third-order valence-corrected chi connectivity index (χ3v) is 2.86. The molecule has 1 radical (unpaired) electrons. The van der Waals surface area contributed by atoms with Gasteiger partial charge in [-0.25, -0.2) is 0 Å². The van der Waals surface area contributed by atoms with Crippen LogP contribution in [-0.4, -0.2) is 0 Å². The van der Waals surface area contributed by atoms with E-state index < -0.39 is 0 Å². The summed E-state index contributed by atoms with van der Waals surface area (Å²) in [5.41, 5.74) is 0.978. The molecule has 1 aliphatic rings. The second-order valence-electron chi connectivity index (χ2n) is 5.67. The zero-order valence-corrected chi connectivity index (χ0v) is 8.57. The Kier molecular flexibility index (Phi) is 2.07. The summed E-state index contributed by atoms with van der Waals surface area (Å²) in [4.78, 5) is 0. The van der Waals surface area contributed by atoms with E-state index in [1.807, 2.05) is 0 Å². The van der Waals surface area contributed by atoms with Crippen LogP contribution in [0.15, 0.2) is 0 Å². The van der Waals surface area contributed by atoms with Crippen molar-refractivity contribution in [2.24, 2.45) is 16.7 Å². The fourth-order valence-electron chi connectivity index (χ4n) is 1.92. The third-order valence-electron chi connectivity index (χ3n) is 2.86. The van der Waals surface area contributed by atoms with Crippen LogP contribution in [0.4, 0.5) is 0 Å². The van der Waals surface area contributed by atoms with E-state index >= 15 is 0 Å². The van der Waals surface area contributed by atoms with Crippen molar-refractivity contribution in [3.05, 3.63) is 6.42 Å². The van der Waals surface area contributed by atoms with Gasteiger partial charge in [-0.15, -0.1) is 0 Å². The van der Waals surface area contributed by atoms with Gasteiger partial charge in [0.2, 0.25) is 0 Å². The predicted molar refractivity (Wildman–Crippen MR) is 50.3 cm³/mol. The molecule has 0 aromatic rings. The molecule has 1 rings (SSSR count). The van der Waals surface area contributed by atoms with Crippen LogP contribution in [0.2, 0.25) is 0 Å². The molecular weight excluding hydrogens is 132 g/mol. The van der Waals surface area contributed by atoms with Gasteiger partial charge in [0.15, 0.2) is 0 Å². The molecule has 0 spiro atoms. The number of hydrogen-bond acceptors (Lipinski definition) is 0. The highest BCUT2D eigenvalue weighted by atomic mass is 14.4. The molecule has 0 bridgehead atoms. The fraction of sp³-hybridized carbons (Fsp3) is 0.909. The van der Waals surface area contributed by atoms with E-state index in [0.717, 1.165) is 5.92 Å². The lowest BCUT2D eigenvalue weighted by Crippen LogP contribution is -2.19. The lowest BCUT2D eigenvalue weighted by Gasteiger charge is -2.28. The first kappa shape index (κ1) is 9.09. The molecule has 0 N–H and O–H groups in total. The summed E-state index contributed by atoms with van der Waals surface area (Å²) in [6.07, 6.45) is 5.30. The van der Waals surface area contributed by atoms with E-state index in [9.17, 15) is 0 Å². The van der Waals surface area contributed by atoms with Crippen molar-refractivity contribution < 1.29 is 0 Å². The molecular formula is C11H21. The predicted octanol–water partition coefficient (Wildman–Crippen LogP) is 3.67. The van der Waals surface area contributed by atoms with Gasteiger partial charge in [-0.2, -0.15) is 0 Å². The van der Waals surface area contributed by atoms with E-state index in [-0.39, 0.29) is 0 Å². The van der Waals surface area contributed by atoms with E-state index in [2.05, 4.69) is 41.0 Å². The van der Waals surface area contributed by atoms with Crippen molar-refractivity contribution in [2.75, 3.05) is 0 Å². The highest BCUT2D eigenvalue weighted by Crippen LogP contribution is 2.47. The van der Waals surface area contributed by atoms with Crippen LogP contribution in [0.1, 0.15) is 47.5 Å². The third kappa shape index (κ3) is 2.21. The second-order valence-corrected chi connectivity index (χ2v) is 5.67. The van der Waals surface area contributed by atoms with E-state index in [0.29, 0.717) is 10.8 Å². The van der Waals surface area contributed by atoms with Crippen LogP contribution in [-0.2, 0) is 0 Å². The summed E-state index contributed by atoms with van der Waals surface area (Å²) in [5.74, 6) is 0.831. The molecule has 0 aliphatic heterocycles. The summed E-state index contributed by atoms with van der Waals surface area (Å²) in [6, 6.07) is 0. The molecule has 1 saturated carbocycles. The minimum atomic E-state index is 0.480. The monoisotopic (exact) mass is 153 g/mol. The van der Waals surface area contributed by atoms with Gasteiger partial charge in [-0.3, -0.25) is 0 Å². The van der Waals surface area contributed by atoms with E-state index in [1.54, 1.807) is 0 Å². The van der Waals surface area contributed by atoms with Crippen molar-refractivity contribution >= 4 is 0 Å². The van der Waals surface area contributed by atoms with Crippen LogP contribution in [0.25, 0.3) is 0 Å². The Morgan fingerprint density at radius 2 is 1.82 bits per heavy atom. The molecule has 1 aliphatic carbocycles. The summed E-state index contributed by atoms with van der Waals surface area (Å²) in [6.45, 7) is 11.7. The largest absolute Gasteiger partial charge is 0.0599 e. The van der Waals surface area contributed by atoms with Gasteiger partial charge in [0.05, 0.1) is 0 Å². The molecule has 0 saturated heterocycles. The molecule has 1 fully saturated rings. The fourth-order valence-corrected chi connectivity index (χ4v) is 1.92. The summed E-state index contributed by atoms with van der Waals surface area (Å²) in [5, 5.41) is 0. The van der Waals surface area contributed by atoms with Gasteiger partial charge in [0.25, 0.3) is 0 Å². The van der Waals surface area contributed by atoms with Crippen LogP contribution < -0.4 is 0 Å². The van der Waals surface area contributed by atoms with Gasteiger partial charge >= 0.3 is 0 Å². The Balaban J connectivity index is 2.55. The standard InChI is InChI=1S/C11H21/c1-10(2,3)9-6-7-11(4,5)8-9/h8-9H,6-7H2,1-5H3. The van der Waals surface area contributed by atoms with Crippen LogP contribution >= 0.6 is 0 Å². The summed E-state index contributed by atoms with van der Waals surface area (Å²) in [7, 11) is 0. The molecule has 0 aromatic carbocycles. The number of rotatable bonds is 0. The first-order valence-electron chi connectivity index (χ1n) is 4.67. The first-order chi connectivity index (χ1) is 4.81. The van der Waals surface area contributed by atoms with Gasteiger partial charge < -0.3 is 0 Å². The van der Waals surface area contributed by atoms with Crippen LogP contribution in [0, 0.1) is 23.2 Å². The van der Waals surface area contributed by atoms with E-state index in [1.165, 1.54) is 12.8 Å². The lowest BCUT2D eigenvalue weighted by molar-refractivity contribution is 0.278. The summed E-state index contributed by atoms with van der Waals surface area (Å²) >= 11 is 0. The van der Waals surface area contributed by atoms with Gasteiger partial charge in [0, 0.05) is 0 Å². The Labute approximate surface area is 71.4 Å². The van der Waals surface area contributed by atoms with Crippen molar-refractivity contribution in [3.8, 4) is 0 Å². The Morgan fingerprint density at radius 3 is 2.00 bits per heavy atom. The average Bonchev–Trinajstić information content (AvgIpc) is 2.07. The van der Waals surface area contributed by atoms with Crippen molar-refractivity contribution in [2.45, 2.75) is 47.5 Å². The normalized spacial score (nSPS) is 30.8. The molecule has 0 heterocycles. The van der Waals surface area contributed by atoms with E-state index in [4.69, 9.17) is 0 Å². The van der Waals surface area contributed by atoms with Gasteiger partial charge in [-0.05, 0) is 36.0 Å². The van der Waals surface area contributed by atoms with Crippen LogP contribution in [0.3, 0.4) is 0 Å².